The standard InChI is InChI=1S/C27H26N2O5S/c1-4-34-26(32)22-16(2)28-27(35-15-17-8-7-10-19(14-17)25(30)31)29-24(22)23-20-11-6-5-9-18(20)12-13-21(23)33-3/h5-14,24H,4,15H2,1-3H3,(H,28,29)(H,30,31)/t24-/m1/s1. The molecule has 1 heterocycles. The Morgan fingerprint density at radius 1 is 1.11 bits per heavy atom. The third-order valence-corrected chi connectivity index (χ3v) is 6.65. The molecule has 35 heavy (non-hydrogen) atoms. The molecule has 0 saturated carbocycles. The molecule has 0 bridgehead atoms. The van der Waals surface area contributed by atoms with E-state index in [0.717, 1.165) is 21.9 Å². The molecule has 0 radical (unpaired) electrons. The molecule has 0 aliphatic carbocycles. The molecule has 4 rings (SSSR count). The summed E-state index contributed by atoms with van der Waals surface area (Å²) in [7, 11) is 1.60. The van der Waals surface area contributed by atoms with Crippen LogP contribution in [-0.4, -0.2) is 35.9 Å². The second kappa shape index (κ2) is 10.7. The zero-order chi connectivity index (χ0) is 24.9. The molecule has 1 aliphatic rings. The van der Waals surface area contributed by atoms with Gasteiger partial charge in [0.2, 0.25) is 0 Å². The van der Waals surface area contributed by atoms with Crippen molar-refractivity contribution in [1.29, 1.82) is 0 Å². The van der Waals surface area contributed by atoms with E-state index in [1.54, 1.807) is 32.2 Å². The summed E-state index contributed by atoms with van der Waals surface area (Å²) in [5.41, 5.74) is 2.97. The van der Waals surface area contributed by atoms with Crippen LogP contribution >= 0.6 is 11.8 Å². The van der Waals surface area contributed by atoms with Crippen molar-refractivity contribution < 1.29 is 24.2 Å². The number of benzene rings is 3. The highest BCUT2D eigenvalue weighted by Gasteiger charge is 2.33. The van der Waals surface area contributed by atoms with Crippen LogP contribution in [0.2, 0.25) is 0 Å². The number of hydrogen-bond acceptors (Lipinski definition) is 7. The molecule has 2 N–H and O–H groups in total. The second-order valence-electron chi connectivity index (χ2n) is 7.92. The first-order valence-corrected chi connectivity index (χ1v) is 12.1. The van der Waals surface area contributed by atoms with Gasteiger partial charge in [-0.15, -0.1) is 0 Å². The Balaban J connectivity index is 1.76. The van der Waals surface area contributed by atoms with Gasteiger partial charge < -0.3 is 19.9 Å². The van der Waals surface area contributed by atoms with Crippen LogP contribution in [0.3, 0.4) is 0 Å². The topological polar surface area (TPSA) is 97.2 Å². The molecule has 0 aromatic heterocycles. The number of fused-ring (bicyclic) bond motifs is 1. The first kappa shape index (κ1) is 24.3. The van der Waals surface area contributed by atoms with Crippen molar-refractivity contribution in [3.8, 4) is 5.75 Å². The summed E-state index contributed by atoms with van der Waals surface area (Å²) in [6, 6.07) is 18.0. The van der Waals surface area contributed by atoms with E-state index in [-0.39, 0.29) is 12.2 Å². The largest absolute Gasteiger partial charge is 0.496 e. The number of hydrogen-bond donors (Lipinski definition) is 2. The number of carboxylic acid groups (broad SMARTS) is 1. The number of esters is 1. The minimum atomic E-state index is -0.967. The monoisotopic (exact) mass is 490 g/mol. The zero-order valence-corrected chi connectivity index (χ0v) is 20.5. The number of aromatic carboxylic acids is 1. The number of nitrogens with zero attached hydrogens (tertiary/aromatic N) is 1. The first-order valence-electron chi connectivity index (χ1n) is 11.2. The molecule has 8 heteroatoms. The molecule has 0 fully saturated rings. The Kier molecular flexibility index (Phi) is 7.41. The van der Waals surface area contributed by atoms with Gasteiger partial charge in [0.05, 0.1) is 24.9 Å². The maximum absolute atomic E-state index is 13.0. The van der Waals surface area contributed by atoms with Gasteiger partial charge in [0, 0.05) is 17.0 Å². The van der Waals surface area contributed by atoms with Crippen LogP contribution in [0, 0.1) is 0 Å². The number of carbonyl (C=O) groups is 2. The molecule has 0 spiro atoms. The van der Waals surface area contributed by atoms with Gasteiger partial charge in [-0.1, -0.05) is 54.2 Å². The lowest BCUT2D eigenvalue weighted by atomic mass is 9.91. The number of aliphatic imine (C=N–C) groups is 1. The highest BCUT2D eigenvalue weighted by molar-refractivity contribution is 8.13. The summed E-state index contributed by atoms with van der Waals surface area (Å²) < 4.78 is 11.1. The number of methoxy groups -OCH3 is 1. The maximum atomic E-state index is 13.0. The van der Waals surface area contributed by atoms with Crippen LogP contribution in [0.1, 0.15) is 41.4 Å². The average molecular weight is 491 g/mol. The predicted octanol–water partition coefficient (Wildman–Crippen LogP) is 5.32. The van der Waals surface area contributed by atoms with E-state index in [2.05, 4.69) is 5.32 Å². The maximum Gasteiger partial charge on any atom is 0.338 e. The normalized spacial score (nSPS) is 15.4. The van der Waals surface area contributed by atoms with Crippen molar-refractivity contribution in [2.24, 2.45) is 4.99 Å². The molecule has 1 atom stereocenters. The van der Waals surface area contributed by atoms with Crippen molar-refractivity contribution in [2.75, 3.05) is 13.7 Å². The summed E-state index contributed by atoms with van der Waals surface area (Å²) in [4.78, 5) is 29.3. The average Bonchev–Trinajstić information content (AvgIpc) is 2.86. The summed E-state index contributed by atoms with van der Waals surface area (Å²) in [5.74, 6) is -0.258. The Morgan fingerprint density at radius 3 is 2.66 bits per heavy atom. The van der Waals surface area contributed by atoms with Crippen molar-refractivity contribution in [1.82, 2.24) is 5.32 Å². The minimum absolute atomic E-state index is 0.237. The number of allylic oxidation sites excluding steroid dienone is 1. The Hall–Kier alpha value is -3.78. The quantitative estimate of drug-likeness (QED) is 0.433. The lowest BCUT2D eigenvalue weighted by Gasteiger charge is -2.27. The van der Waals surface area contributed by atoms with E-state index >= 15 is 0 Å². The highest BCUT2D eigenvalue weighted by Crippen LogP contribution is 2.41. The lowest BCUT2D eigenvalue weighted by molar-refractivity contribution is -0.138. The summed E-state index contributed by atoms with van der Waals surface area (Å²) in [6.45, 7) is 3.85. The van der Waals surface area contributed by atoms with Crippen LogP contribution < -0.4 is 10.1 Å². The number of thioether (sulfide) groups is 1. The number of rotatable bonds is 7. The Bertz CT molecular complexity index is 1350. The van der Waals surface area contributed by atoms with Gasteiger partial charge in [-0.2, -0.15) is 0 Å². The summed E-state index contributed by atoms with van der Waals surface area (Å²) >= 11 is 1.44. The molecule has 1 aliphatic heterocycles. The number of ether oxygens (including phenoxy) is 2. The lowest BCUT2D eigenvalue weighted by Crippen LogP contribution is -2.30. The van der Waals surface area contributed by atoms with Crippen LogP contribution in [-0.2, 0) is 15.3 Å². The van der Waals surface area contributed by atoms with Crippen molar-refractivity contribution >= 4 is 39.6 Å². The SMILES string of the molecule is CCOC(=O)C1=C(C)NC(SCc2cccc(C(=O)O)c2)=N[C@H]1c1c(OC)ccc2ccccc12. The number of carboxylic acids is 1. The zero-order valence-electron chi connectivity index (χ0n) is 19.7. The van der Waals surface area contributed by atoms with Crippen molar-refractivity contribution in [3.05, 3.63) is 88.6 Å². The molecular weight excluding hydrogens is 464 g/mol. The van der Waals surface area contributed by atoms with E-state index in [1.807, 2.05) is 49.4 Å². The van der Waals surface area contributed by atoms with Gasteiger partial charge >= 0.3 is 11.9 Å². The van der Waals surface area contributed by atoms with Crippen LogP contribution in [0.4, 0.5) is 0 Å². The number of carbonyl (C=O) groups excluding carboxylic acids is 1. The third-order valence-electron chi connectivity index (χ3n) is 5.69. The van der Waals surface area contributed by atoms with Crippen molar-refractivity contribution in [3.63, 3.8) is 0 Å². The number of amidine groups is 1. The molecule has 0 amide bonds. The molecular formula is C27H26N2O5S. The van der Waals surface area contributed by atoms with Gasteiger partial charge in [0.15, 0.2) is 5.17 Å². The first-order chi connectivity index (χ1) is 16.9. The van der Waals surface area contributed by atoms with E-state index in [1.165, 1.54) is 11.8 Å². The van der Waals surface area contributed by atoms with E-state index in [9.17, 15) is 14.7 Å². The van der Waals surface area contributed by atoms with Crippen LogP contribution in [0.5, 0.6) is 5.75 Å². The smallest absolute Gasteiger partial charge is 0.338 e. The van der Waals surface area contributed by atoms with E-state index in [4.69, 9.17) is 14.5 Å². The molecule has 7 nitrogen and oxygen atoms in total. The Labute approximate surface area is 207 Å². The summed E-state index contributed by atoms with van der Waals surface area (Å²) in [6.07, 6.45) is 0. The van der Waals surface area contributed by atoms with E-state index in [0.29, 0.717) is 27.9 Å². The summed E-state index contributed by atoms with van der Waals surface area (Å²) in [5, 5.41) is 15.1. The molecule has 0 unspecified atom stereocenters. The van der Waals surface area contributed by atoms with Gasteiger partial charge in [0.1, 0.15) is 11.8 Å². The van der Waals surface area contributed by atoms with Crippen LogP contribution in [0.15, 0.2) is 76.9 Å². The predicted molar refractivity (Wildman–Crippen MR) is 138 cm³/mol. The molecule has 3 aromatic carbocycles. The minimum Gasteiger partial charge on any atom is -0.496 e. The van der Waals surface area contributed by atoms with E-state index < -0.39 is 18.0 Å². The fraction of sp³-hybridized carbons (Fsp3) is 0.222. The third kappa shape index (κ3) is 5.17. The highest BCUT2D eigenvalue weighted by atomic mass is 32.2. The number of nitrogens with one attached hydrogen (secondary N) is 1. The van der Waals surface area contributed by atoms with Crippen LogP contribution in [0.25, 0.3) is 10.8 Å². The van der Waals surface area contributed by atoms with Gasteiger partial charge in [-0.3, -0.25) is 0 Å². The van der Waals surface area contributed by atoms with Gasteiger partial charge in [0.25, 0.3) is 0 Å². The Morgan fingerprint density at radius 2 is 1.91 bits per heavy atom. The molecule has 0 saturated heterocycles. The van der Waals surface area contributed by atoms with Gasteiger partial charge in [-0.25, -0.2) is 14.6 Å². The van der Waals surface area contributed by atoms with Gasteiger partial charge in [-0.05, 0) is 48.4 Å². The second-order valence-corrected chi connectivity index (χ2v) is 8.88. The fourth-order valence-corrected chi connectivity index (χ4v) is 4.97. The molecule has 180 valence electrons. The molecule has 3 aromatic rings. The van der Waals surface area contributed by atoms with Crippen molar-refractivity contribution in [2.45, 2.75) is 25.6 Å². The fourth-order valence-electron chi connectivity index (χ4n) is 4.08.